The fourth-order valence-corrected chi connectivity index (χ4v) is 1.97. The Morgan fingerprint density at radius 2 is 2.25 bits per heavy atom. The van der Waals surface area contributed by atoms with Crippen LogP contribution in [0.2, 0.25) is 0 Å². The smallest absolute Gasteiger partial charge is 0.387 e. The Morgan fingerprint density at radius 1 is 1.45 bits per heavy atom. The summed E-state index contributed by atoms with van der Waals surface area (Å²) >= 11 is 0. The Hall–Kier alpha value is -2.18. The van der Waals surface area contributed by atoms with Gasteiger partial charge in [0.2, 0.25) is 0 Å². The van der Waals surface area contributed by atoms with E-state index in [1.54, 1.807) is 0 Å². The van der Waals surface area contributed by atoms with Crippen LogP contribution < -0.4 is 10.5 Å². The number of hydrogen-bond donors (Lipinski definition) is 1. The number of aromatic nitrogens is 3. The number of nitrogens with zero attached hydrogens (tertiary/aromatic N) is 3. The molecule has 2 N–H and O–H groups in total. The number of rotatable bonds is 5. The van der Waals surface area contributed by atoms with Crippen LogP contribution in [0.25, 0.3) is 11.3 Å². The van der Waals surface area contributed by atoms with Crippen molar-refractivity contribution in [3.63, 3.8) is 0 Å². The molecule has 0 radical (unpaired) electrons. The summed E-state index contributed by atoms with van der Waals surface area (Å²) in [5, 5.41) is 4.40. The zero-order chi connectivity index (χ0) is 14.1. The van der Waals surface area contributed by atoms with Crippen molar-refractivity contribution < 1.29 is 13.5 Å². The second kappa shape index (κ2) is 5.07. The second-order valence-electron chi connectivity index (χ2n) is 4.85. The lowest BCUT2D eigenvalue weighted by Crippen LogP contribution is -2.06. The third-order valence-electron chi connectivity index (χ3n) is 3.18. The van der Waals surface area contributed by atoms with E-state index in [1.807, 2.05) is 16.9 Å². The van der Waals surface area contributed by atoms with E-state index < -0.39 is 6.61 Å². The van der Waals surface area contributed by atoms with Gasteiger partial charge < -0.3 is 10.5 Å². The first-order valence-corrected chi connectivity index (χ1v) is 6.36. The number of hydrogen-bond acceptors (Lipinski definition) is 4. The normalized spacial score (nSPS) is 14.8. The third-order valence-corrected chi connectivity index (χ3v) is 3.18. The van der Waals surface area contributed by atoms with E-state index in [9.17, 15) is 8.78 Å². The Balaban J connectivity index is 1.83. The Kier molecular flexibility index (Phi) is 3.25. The average molecular weight is 280 g/mol. The summed E-state index contributed by atoms with van der Waals surface area (Å²) in [6, 6.07) is 3.25. The van der Waals surface area contributed by atoms with Gasteiger partial charge in [-0.05, 0) is 30.9 Å². The van der Waals surface area contributed by atoms with Crippen molar-refractivity contribution in [3.8, 4) is 17.0 Å². The molecule has 1 fully saturated rings. The molecule has 0 bridgehead atoms. The van der Waals surface area contributed by atoms with Crippen LogP contribution in [0.1, 0.15) is 12.8 Å². The molecule has 3 rings (SSSR count). The van der Waals surface area contributed by atoms with Gasteiger partial charge in [0.05, 0.1) is 5.69 Å². The van der Waals surface area contributed by atoms with Crippen molar-refractivity contribution in [2.45, 2.75) is 26.0 Å². The number of halogens is 2. The fraction of sp³-hybridized carbons (Fsp3) is 0.385. The van der Waals surface area contributed by atoms with Crippen molar-refractivity contribution in [3.05, 3.63) is 24.5 Å². The van der Waals surface area contributed by atoms with Crippen LogP contribution in [0.4, 0.5) is 14.6 Å². The van der Waals surface area contributed by atoms with Gasteiger partial charge in [0.15, 0.2) is 11.6 Å². The third kappa shape index (κ3) is 2.87. The zero-order valence-electron chi connectivity index (χ0n) is 10.7. The summed E-state index contributed by atoms with van der Waals surface area (Å²) in [5.41, 5.74) is 6.77. The number of pyridine rings is 1. The maximum atomic E-state index is 12.3. The zero-order valence-corrected chi connectivity index (χ0v) is 10.7. The molecule has 0 unspecified atom stereocenters. The molecule has 1 saturated carbocycles. The molecule has 1 aliphatic rings. The molecule has 2 aromatic heterocycles. The highest BCUT2D eigenvalue weighted by Crippen LogP contribution is 2.31. The number of nitrogen functional groups attached to an aromatic ring is 1. The monoisotopic (exact) mass is 280 g/mol. The van der Waals surface area contributed by atoms with E-state index in [2.05, 4.69) is 14.8 Å². The summed E-state index contributed by atoms with van der Waals surface area (Å²) in [4.78, 5) is 3.86. The molecule has 2 aromatic rings. The highest BCUT2D eigenvalue weighted by Gasteiger charge is 2.22. The molecule has 0 spiro atoms. The van der Waals surface area contributed by atoms with Crippen molar-refractivity contribution >= 4 is 5.82 Å². The van der Waals surface area contributed by atoms with Crippen molar-refractivity contribution in [2.75, 3.05) is 5.73 Å². The van der Waals surface area contributed by atoms with E-state index >= 15 is 0 Å². The van der Waals surface area contributed by atoms with E-state index in [4.69, 9.17) is 5.73 Å². The molecule has 1 aliphatic carbocycles. The molecule has 106 valence electrons. The minimum atomic E-state index is -2.93. The molecule has 0 aromatic carbocycles. The fourth-order valence-electron chi connectivity index (χ4n) is 1.97. The highest BCUT2D eigenvalue weighted by atomic mass is 19.3. The van der Waals surface area contributed by atoms with Gasteiger partial charge in [0, 0.05) is 24.5 Å². The van der Waals surface area contributed by atoms with Gasteiger partial charge in [-0.25, -0.2) is 4.98 Å². The summed E-state index contributed by atoms with van der Waals surface area (Å²) < 4.78 is 30.7. The van der Waals surface area contributed by atoms with Gasteiger partial charge >= 0.3 is 6.61 Å². The van der Waals surface area contributed by atoms with E-state index in [0.29, 0.717) is 17.2 Å². The first kappa shape index (κ1) is 12.8. The van der Waals surface area contributed by atoms with Gasteiger partial charge in [-0.1, -0.05) is 0 Å². The lowest BCUT2D eigenvalue weighted by atomic mass is 10.2. The van der Waals surface area contributed by atoms with Crippen molar-refractivity contribution in [1.29, 1.82) is 0 Å². The topological polar surface area (TPSA) is 66.0 Å². The number of anilines is 1. The maximum absolute atomic E-state index is 12.3. The minimum Gasteiger partial charge on any atom is -0.431 e. The predicted octanol–water partition coefficient (Wildman–Crippen LogP) is 2.54. The molecule has 0 saturated heterocycles. The van der Waals surface area contributed by atoms with Gasteiger partial charge in [0.25, 0.3) is 0 Å². The average Bonchev–Trinajstić information content (AvgIpc) is 3.08. The van der Waals surface area contributed by atoms with Crippen molar-refractivity contribution in [2.24, 2.45) is 5.92 Å². The molecule has 0 amide bonds. The van der Waals surface area contributed by atoms with Crippen LogP contribution in [0, 0.1) is 5.92 Å². The van der Waals surface area contributed by atoms with E-state index in [-0.39, 0.29) is 11.6 Å². The summed E-state index contributed by atoms with van der Waals surface area (Å²) in [6.45, 7) is -2.04. The summed E-state index contributed by atoms with van der Waals surface area (Å²) in [7, 11) is 0. The van der Waals surface area contributed by atoms with Crippen LogP contribution in [0.5, 0.6) is 5.75 Å². The minimum absolute atomic E-state index is 0.0635. The van der Waals surface area contributed by atoms with Crippen molar-refractivity contribution in [1.82, 2.24) is 14.8 Å². The number of nitrogens with two attached hydrogens (primary N) is 1. The molecule has 20 heavy (non-hydrogen) atoms. The Morgan fingerprint density at radius 3 is 2.95 bits per heavy atom. The largest absolute Gasteiger partial charge is 0.431 e. The van der Waals surface area contributed by atoms with Crippen LogP contribution in [-0.2, 0) is 6.54 Å². The van der Waals surface area contributed by atoms with Gasteiger partial charge in [-0.3, -0.25) is 4.68 Å². The summed E-state index contributed by atoms with van der Waals surface area (Å²) in [5.74, 6) is 0.519. The molecule has 0 atom stereocenters. The van der Waals surface area contributed by atoms with Crippen LogP contribution in [0.15, 0.2) is 24.5 Å². The lowest BCUT2D eigenvalue weighted by Gasteiger charge is -2.07. The standard InChI is InChI=1S/C13H14F2N4O/c14-13(15)20-11-5-9(6-17-12(11)16)10-3-4-19(18-10)7-8-1-2-8/h3-6,8,13H,1-2,7H2,(H2,16,17). The second-order valence-corrected chi connectivity index (χ2v) is 4.85. The van der Waals surface area contributed by atoms with Crippen LogP contribution >= 0.6 is 0 Å². The first-order chi connectivity index (χ1) is 9.61. The molecule has 0 aliphatic heterocycles. The van der Waals surface area contributed by atoms with E-state index in [1.165, 1.54) is 25.1 Å². The predicted molar refractivity (Wildman–Crippen MR) is 69.2 cm³/mol. The quantitative estimate of drug-likeness (QED) is 0.914. The van der Waals surface area contributed by atoms with Crippen LogP contribution in [0.3, 0.4) is 0 Å². The Labute approximate surface area is 114 Å². The Bertz CT molecular complexity index is 610. The summed E-state index contributed by atoms with van der Waals surface area (Å²) in [6.07, 6.45) is 5.85. The molecule has 2 heterocycles. The SMILES string of the molecule is Nc1ncc(-c2ccn(CC3CC3)n2)cc1OC(F)F. The van der Waals surface area contributed by atoms with Gasteiger partial charge in [0.1, 0.15) is 0 Å². The first-order valence-electron chi connectivity index (χ1n) is 6.36. The van der Waals surface area contributed by atoms with Crippen LogP contribution in [-0.4, -0.2) is 21.4 Å². The maximum Gasteiger partial charge on any atom is 0.387 e. The molecular formula is C13H14F2N4O. The number of ether oxygens (including phenoxy) is 1. The van der Waals surface area contributed by atoms with Gasteiger partial charge in [-0.15, -0.1) is 0 Å². The molecule has 5 nitrogen and oxygen atoms in total. The molecular weight excluding hydrogens is 266 g/mol. The van der Waals surface area contributed by atoms with E-state index in [0.717, 1.165) is 6.54 Å². The lowest BCUT2D eigenvalue weighted by molar-refractivity contribution is -0.0494. The molecule has 7 heteroatoms. The highest BCUT2D eigenvalue weighted by molar-refractivity contribution is 5.63. The van der Waals surface area contributed by atoms with Gasteiger partial charge in [-0.2, -0.15) is 13.9 Å². The number of alkyl halides is 2.